The number of nitrogens with one attached hydrogen (secondary N) is 1. The summed E-state index contributed by atoms with van der Waals surface area (Å²) in [5, 5.41) is 4.82. The SMILES string of the molecule is CNC(=O)c1cn(CC(C)(C)COc2cn(CC(C)C)c3cc(Br)ccc23)c2cc(Br)ccc12. The third kappa shape index (κ3) is 5.20. The van der Waals surface area contributed by atoms with E-state index in [2.05, 4.69) is 104 Å². The first-order valence-corrected chi connectivity index (χ1v) is 13.1. The van der Waals surface area contributed by atoms with Crippen LogP contribution in [0.3, 0.4) is 0 Å². The molecule has 0 saturated heterocycles. The van der Waals surface area contributed by atoms with Crippen molar-refractivity contribution in [2.75, 3.05) is 13.7 Å². The molecule has 0 radical (unpaired) electrons. The normalized spacial score (nSPS) is 12.1. The molecule has 0 atom stereocenters. The Hall–Kier alpha value is -2.25. The lowest BCUT2D eigenvalue weighted by atomic mass is 9.94. The second-order valence-corrected chi connectivity index (χ2v) is 11.9. The van der Waals surface area contributed by atoms with Crippen molar-refractivity contribution in [3.8, 4) is 5.75 Å². The van der Waals surface area contributed by atoms with E-state index in [1.807, 2.05) is 18.3 Å². The summed E-state index contributed by atoms with van der Waals surface area (Å²) in [6.07, 6.45) is 4.07. The lowest BCUT2D eigenvalue weighted by Crippen LogP contribution is -2.27. The number of halogens is 2. The van der Waals surface area contributed by atoms with Crippen LogP contribution in [0.1, 0.15) is 38.1 Å². The summed E-state index contributed by atoms with van der Waals surface area (Å²) < 4.78 is 12.9. The van der Waals surface area contributed by atoms with Crippen LogP contribution < -0.4 is 10.1 Å². The topological polar surface area (TPSA) is 48.2 Å². The number of hydrogen-bond acceptors (Lipinski definition) is 2. The zero-order chi connectivity index (χ0) is 24.6. The van der Waals surface area contributed by atoms with Crippen molar-refractivity contribution >= 4 is 59.6 Å². The van der Waals surface area contributed by atoms with Crippen molar-refractivity contribution in [3.05, 3.63) is 63.3 Å². The highest BCUT2D eigenvalue weighted by Gasteiger charge is 2.24. The van der Waals surface area contributed by atoms with E-state index >= 15 is 0 Å². The van der Waals surface area contributed by atoms with E-state index in [-0.39, 0.29) is 11.3 Å². The summed E-state index contributed by atoms with van der Waals surface area (Å²) in [6, 6.07) is 12.4. The number of amides is 1. The fourth-order valence-corrected chi connectivity index (χ4v) is 5.08. The number of nitrogens with zero attached hydrogens (tertiary/aromatic N) is 2. The van der Waals surface area contributed by atoms with E-state index < -0.39 is 0 Å². The van der Waals surface area contributed by atoms with E-state index in [1.54, 1.807) is 7.05 Å². The number of carbonyl (C=O) groups excluding carboxylic acids is 1. The Morgan fingerprint density at radius 1 is 1.00 bits per heavy atom. The Bertz CT molecular complexity index is 1350. The van der Waals surface area contributed by atoms with Crippen molar-refractivity contribution in [3.63, 3.8) is 0 Å². The predicted octanol–water partition coefficient (Wildman–Crippen LogP) is 7.24. The molecule has 4 rings (SSSR count). The molecule has 1 N–H and O–H groups in total. The zero-order valence-electron chi connectivity index (χ0n) is 20.3. The van der Waals surface area contributed by atoms with Gasteiger partial charge in [0.2, 0.25) is 0 Å². The maximum absolute atomic E-state index is 12.5. The van der Waals surface area contributed by atoms with Gasteiger partial charge in [0.1, 0.15) is 5.75 Å². The quantitative estimate of drug-likeness (QED) is 0.236. The maximum atomic E-state index is 12.5. The molecule has 0 aliphatic heterocycles. The molecule has 0 bridgehead atoms. The molecule has 0 aliphatic rings. The van der Waals surface area contributed by atoms with Gasteiger partial charge in [-0.05, 0) is 36.2 Å². The Labute approximate surface area is 217 Å². The number of hydrogen-bond donors (Lipinski definition) is 1. The largest absolute Gasteiger partial charge is 0.491 e. The second kappa shape index (κ2) is 9.78. The molecule has 180 valence electrons. The van der Waals surface area contributed by atoms with Crippen molar-refractivity contribution in [1.82, 2.24) is 14.5 Å². The second-order valence-electron chi connectivity index (χ2n) is 10.1. The molecule has 5 nitrogen and oxygen atoms in total. The molecule has 2 heterocycles. The average Bonchev–Trinajstić information content (AvgIpc) is 3.28. The average molecular weight is 589 g/mol. The van der Waals surface area contributed by atoms with Crippen molar-refractivity contribution in [2.45, 2.75) is 40.8 Å². The molecule has 2 aromatic carbocycles. The molecule has 0 saturated carbocycles. The molecule has 0 spiro atoms. The smallest absolute Gasteiger partial charge is 0.253 e. The third-order valence-electron chi connectivity index (χ3n) is 5.90. The van der Waals surface area contributed by atoms with E-state index in [0.29, 0.717) is 24.6 Å². The van der Waals surface area contributed by atoms with Gasteiger partial charge >= 0.3 is 0 Å². The standard InChI is InChI=1S/C27H31Br2N3O2/c1-17(2)12-31-14-25(21-9-7-19(29)11-24(21)31)34-16-27(3,4)15-32-13-22(26(33)30-5)20-8-6-18(28)10-23(20)32/h6-11,13-14,17H,12,15-16H2,1-5H3,(H,30,33). The molecule has 1 amide bonds. The molecule has 4 aromatic rings. The molecule has 0 aliphatic carbocycles. The van der Waals surface area contributed by atoms with Gasteiger partial charge in [0, 0.05) is 63.2 Å². The maximum Gasteiger partial charge on any atom is 0.253 e. The highest BCUT2D eigenvalue weighted by Crippen LogP contribution is 2.33. The molecule has 7 heteroatoms. The summed E-state index contributed by atoms with van der Waals surface area (Å²) in [5.41, 5.74) is 2.71. The van der Waals surface area contributed by atoms with Crippen molar-refractivity contribution in [1.29, 1.82) is 0 Å². The van der Waals surface area contributed by atoms with Gasteiger partial charge in [0.05, 0.1) is 17.7 Å². The minimum Gasteiger partial charge on any atom is -0.491 e. The molecule has 0 unspecified atom stereocenters. The number of carbonyl (C=O) groups is 1. The van der Waals surface area contributed by atoms with Crippen LogP contribution in [-0.2, 0) is 13.1 Å². The van der Waals surface area contributed by atoms with Gasteiger partial charge in [-0.2, -0.15) is 0 Å². The van der Waals surface area contributed by atoms with Crippen molar-refractivity contribution in [2.24, 2.45) is 11.3 Å². The minimum absolute atomic E-state index is 0.0794. The minimum atomic E-state index is -0.171. The Kier molecular flexibility index (Phi) is 7.15. The summed E-state index contributed by atoms with van der Waals surface area (Å²) in [7, 11) is 1.66. The molecular weight excluding hydrogens is 558 g/mol. The lowest BCUT2D eigenvalue weighted by molar-refractivity contribution is 0.0964. The number of ether oxygens (including phenoxy) is 1. The summed E-state index contributed by atoms with van der Waals surface area (Å²) in [5.74, 6) is 1.36. The fourth-order valence-electron chi connectivity index (χ4n) is 4.38. The van der Waals surface area contributed by atoms with Gasteiger partial charge in [-0.3, -0.25) is 4.79 Å². The highest BCUT2D eigenvalue weighted by atomic mass is 79.9. The van der Waals surface area contributed by atoms with E-state index in [9.17, 15) is 4.79 Å². The lowest BCUT2D eigenvalue weighted by Gasteiger charge is -2.26. The van der Waals surface area contributed by atoms with Crippen LogP contribution in [0.4, 0.5) is 0 Å². The van der Waals surface area contributed by atoms with Crippen LogP contribution in [0, 0.1) is 11.3 Å². The van der Waals surface area contributed by atoms with Crippen LogP contribution in [0.25, 0.3) is 21.8 Å². The first-order valence-electron chi connectivity index (χ1n) is 11.5. The summed E-state index contributed by atoms with van der Waals surface area (Å²) >= 11 is 7.18. The third-order valence-corrected chi connectivity index (χ3v) is 6.89. The van der Waals surface area contributed by atoms with Gasteiger partial charge in [0.15, 0.2) is 0 Å². The first-order chi connectivity index (χ1) is 16.1. The molecule has 0 fully saturated rings. The van der Waals surface area contributed by atoms with Gasteiger partial charge < -0.3 is 19.2 Å². The van der Waals surface area contributed by atoms with Gasteiger partial charge in [-0.1, -0.05) is 65.6 Å². The number of benzene rings is 2. The first kappa shape index (κ1) is 24.9. The van der Waals surface area contributed by atoms with E-state index in [1.165, 1.54) is 5.52 Å². The van der Waals surface area contributed by atoms with E-state index in [0.717, 1.165) is 37.5 Å². The molecule has 34 heavy (non-hydrogen) atoms. The van der Waals surface area contributed by atoms with Crippen LogP contribution in [0.2, 0.25) is 0 Å². The number of fused-ring (bicyclic) bond motifs is 2. The Balaban J connectivity index is 1.60. The van der Waals surface area contributed by atoms with Gasteiger partial charge in [0.25, 0.3) is 5.91 Å². The molecule has 2 aromatic heterocycles. The van der Waals surface area contributed by atoms with Crippen LogP contribution in [-0.4, -0.2) is 28.7 Å². The van der Waals surface area contributed by atoms with Crippen LogP contribution in [0.5, 0.6) is 5.75 Å². The van der Waals surface area contributed by atoms with Crippen molar-refractivity contribution < 1.29 is 9.53 Å². The van der Waals surface area contributed by atoms with Gasteiger partial charge in [-0.25, -0.2) is 0 Å². The van der Waals surface area contributed by atoms with Gasteiger partial charge in [-0.15, -0.1) is 0 Å². The van der Waals surface area contributed by atoms with E-state index in [4.69, 9.17) is 4.74 Å². The predicted molar refractivity (Wildman–Crippen MR) is 147 cm³/mol. The Morgan fingerprint density at radius 3 is 2.24 bits per heavy atom. The fraction of sp³-hybridized carbons (Fsp3) is 0.370. The van der Waals surface area contributed by atoms with Crippen LogP contribution >= 0.6 is 31.9 Å². The number of rotatable bonds is 8. The Morgan fingerprint density at radius 2 is 1.62 bits per heavy atom. The monoisotopic (exact) mass is 587 g/mol. The van der Waals surface area contributed by atoms with Crippen LogP contribution in [0.15, 0.2) is 57.7 Å². The molecular formula is C27H31Br2N3O2. The summed E-state index contributed by atoms with van der Waals surface area (Å²) in [6.45, 7) is 11.0. The zero-order valence-corrected chi connectivity index (χ0v) is 23.5. The summed E-state index contributed by atoms with van der Waals surface area (Å²) in [4.78, 5) is 12.5. The number of aromatic nitrogens is 2. The highest BCUT2D eigenvalue weighted by molar-refractivity contribution is 9.10.